The number of benzene rings is 1. The molecule has 0 aromatic heterocycles. The van der Waals surface area contributed by atoms with E-state index in [1.165, 1.54) is 7.05 Å². The summed E-state index contributed by atoms with van der Waals surface area (Å²) in [6.45, 7) is 9.09. The second-order valence-corrected chi connectivity index (χ2v) is 7.30. The first-order chi connectivity index (χ1) is 14.1. The molecule has 2 rings (SSSR count). The maximum Gasteiger partial charge on any atom is 0.416 e. The molecule has 3 N–H and O–H groups in total. The van der Waals surface area contributed by atoms with Crippen molar-refractivity contribution in [1.82, 2.24) is 16.0 Å². The third-order valence-corrected chi connectivity index (χ3v) is 5.36. The quantitative estimate of drug-likeness (QED) is 0.586. The summed E-state index contributed by atoms with van der Waals surface area (Å²) >= 11 is 0. The van der Waals surface area contributed by atoms with Crippen LogP contribution < -0.4 is 20.9 Å². The van der Waals surface area contributed by atoms with Crippen LogP contribution in [0.4, 0.5) is 18.9 Å². The Morgan fingerprint density at radius 3 is 2.43 bits per heavy atom. The van der Waals surface area contributed by atoms with Gasteiger partial charge in [-0.2, -0.15) is 13.2 Å². The number of piperidine rings is 1. The SMILES string of the molecule is C=C(CNC(=O)c1cc(C(F)(F)F)cc(N(CC)C2CCNCC2)c1C)C(=O)NC. The van der Waals surface area contributed by atoms with Gasteiger partial charge in [-0.1, -0.05) is 6.58 Å². The zero-order chi connectivity index (χ0) is 22.5. The van der Waals surface area contributed by atoms with Crippen LogP contribution in [0.25, 0.3) is 0 Å². The summed E-state index contributed by atoms with van der Waals surface area (Å²) in [6, 6.07) is 2.09. The summed E-state index contributed by atoms with van der Waals surface area (Å²) in [7, 11) is 1.43. The van der Waals surface area contributed by atoms with Gasteiger partial charge in [0, 0.05) is 43.0 Å². The number of likely N-dealkylation sites (N-methyl/N-ethyl adjacent to an activating group) is 1. The fourth-order valence-electron chi connectivity index (χ4n) is 3.68. The van der Waals surface area contributed by atoms with Gasteiger partial charge in [-0.15, -0.1) is 0 Å². The van der Waals surface area contributed by atoms with Gasteiger partial charge in [-0.25, -0.2) is 0 Å². The predicted octanol–water partition coefficient (Wildman–Crippen LogP) is 2.62. The molecule has 0 spiro atoms. The molecule has 30 heavy (non-hydrogen) atoms. The lowest BCUT2D eigenvalue weighted by molar-refractivity contribution is -0.137. The van der Waals surface area contributed by atoms with Crippen LogP contribution >= 0.6 is 0 Å². The van der Waals surface area contributed by atoms with Crippen molar-refractivity contribution in [2.24, 2.45) is 0 Å². The van der Waals surface area contributed by atoms with Crippen LogP contribution in [-0.2, 0) is 11.0 Å². The van der Waals surface area contributed by atoms with Crippen LogP contribution in [0.3, 0.4) is 0 Å². The molecule has 1 aromatic carbocycles. The highest BCUT2D eigenvalue weighted by molar-refractivity contribution is 5.99. The minimum absolute atomic E-state index is 0.0584. The monoisotopic (exact) mass is 426 g/mol. The summed E-state index contributed by atoms with van der Waals surface area (Å²) in [5, 5.41) is 8.14. The third kappa shape index (κ3) is 5.53. The highest BCUT2D eigenvalue weighted by Gasteiger charge is 2.34. The Hall–Kier alpha value is -2.55. The summed E-state index contributed by atoms with van der Waals surface area (Å²) in [5.41, 5.74) is 0.0733. The Morgan fingerprint density at radius 2 is 1.90 bits per heavy atom. The summed E-state index contributed by atoms with van der Waals surface area (Å²) in [5.74, 6) is -1.12. The van der Waals surface area contributed by atoms with E-state index in [2.05, 4.69) is 22.5 Å². The average Bonchev–Trinajstić information content (AvgIpc) is 2.72. The van der Waals surface area contributed by atoms with Crippen molar-refractivity contribution in [2.45, 2.75) is 38.9 Å². The predicted molar refractivity (Wildman–Crippen MR) is 111 cm³/mol. The van der Waals surface area contributed by atoms with Crippen LogP contribution in [0.1, 0.15) is 41.3 Å². The first kappa shape index (κ1) is 23.7. The van der Waals surface area contributed by atoms with Gasteiger partial charge in [0.15, 0.2) is 0 Å². The van der Waals surface area contributed by atoms with Crippen molar-refractivity contribution in [3.8, 4) is 0 Å². The van der Waals surface area contributed by atoms with E-state index in [1.54, 1.807) is 6.92 Å². The van der Waals surface area contributed by atoms with Crippen molar-refractivity contribution in [1.29, 1.82) is 0 Å². The maximum atomic E-state index is 13.6. The Balaban J connectivity index is 2.41. The van der Waals surface area contributed by atoms with Gasteiger partial charge in [0.25, 0.3) is 5.91 Å². The summed E-state index contributed by atoms with van der Waals surface area (Å²) < 4.78 is 40.8. The molecule has 0 bridgehead atoms. The zero-order valence-electron chi connectivity index (χ0n) is 17.6. The smallest absolute Gasteiger partial charge is 0.368 e. The van der Waals surface area contributed by atoms with Crippen LogP contribution in [-0.4, -0.2) is 51.1 Å². The number of amides is 2. The Kier molecular flexibility index (Phi) is 7.89. The molecule has 0 unspecified atom stereocenters. The van der Waals surface area contributed by atoms with E-state index in [-0.39, 0.29) is 23.7 Å². The fraction of sp³-hybridized carbons (Fsp3) is 0.524. The molecule has 166 valence electrons. The molecule has 1 saturated heterocycles. The fourth-order valence-corrected chi connectivity index (χ4v) is 3.68. The second kappa shape index (κ2) is 9.97. The number of halogens is 3. The first-order valence-electron chi connectivity index (χ1n) is 9.97. The third-order valence-electron chi connectivity index (χ3n) is 5.36. The molecule has 0 aliphatic carbocycles. The van der Waals surface area contributed by atoms with Crippen LogP contribution in [0.5, 0.6) is 0 Å². The normalized spacial score (nSPS) is 14.9. The average molecular weight is 426 g/mol. The molecule has 6 nitrogen and oxygen atoms in total. The van der Waals surface area contributed by atoms with Crippen LogP contribution in [0, 0.1) is 6.92 Å². The topological polar surface area (TPSA) is 73.5 Å². The van der Waals surface area contributed by atoms with E-state index < -0.39 is 23.6 Å². The number of carbonyl (C=O) groups is 2. The molecule has 1 fully saturated rings. The van der Waals surface area contributed by atoms with E-state index in [0.717, 1.165) is 38.1 Å². The van der Waals surface area contributed by atoms with Crippen molar-refractivity contribution >= 4 is 17.5 Å². The molecule has 0 atom stereocenters. The lowest BCUT2D eigenvalue weighted by Gasteiger charge is -2.37. The van der Waals surface area contributed by atoms with E-state index in [0.29, 0.717) is 17.8 Å². The lowest BCUT2D eigenvalue weighted by atomic mass is 9.97. The van der Waals surface area contributed by atoms with Gasteiger partial charge in [-0.3, -0.25) is 9.59 Å². The van der Waals surface area contributed by atoms with Crippen molar-refractivity contribution < 1.29 is 22.8 Å². The van der Waals surface area contributed by atoms with E-state index in [4.69, 9.17) is 0 Å². The van der Waals surface area contributed by atoms with Crippen molar-refractivity contribution in [3.63, 3.8) is 0 Å². The van der Waals surface area contributed by atoms with E-state index >= 15 is 0 Å². The zero-order valence-corrected chi connectivity index (χ0v) is 17.6. The van der Waals surface area contributed by atoms with Crippen LogP contribution in [0.15, 0.2) is 24.3 Å². The Morgan fingerprint density at radius 1 is 1.27 bits per heavy atom. The van der Waals surface area contributed by atoms with Gasteiger partial charge in [0.05, 0.1) is 5.56 Å². The largest absolute Gasteiger partial charge is 0.416 e. The Labute approximate surface area is 174 Å². The number of alkyl halides is 3. The molecule has 9 heteroatoms. The molecular weight excluding hydrogens is 397 g/mol. The van der Waals surface area contributed by atoms with Gasteiger partial charge < -0.3 is 20.9 Å². The summed E-state index contributed by atoms with van der Waals surface area (Å²) in [4.78, 5) is 26.2. The number of nitrogens with one attached hydrogen (secondary N) is 3. The summed E-state index contributed by atoms with van der Waals surface area (Å²) in [6.07, 6.45) is -2.95. The number of carbonyl (C=O) groups excluding carboxylic acids is 2. The molecule has 2 amide bonds. The molecular formula is C21H29F3N4O2. The minimum Gasteiger partial charge on any atom is -0.368 e. The molecule has 1 aromatic rings. The standard InChI is InChI=1S/C21H29F3N4O2/c1-5-28(16-6-8-26-9-7-16)18-11-15(21(22,23)24)10-17(14(18)3)20(30)27-12-13(2)19(29)25-4/h10-11,16,26H,2,5-9,12H2,1,3-4H3,(H,25,29)(H,27,30). The molecule has 1 aliphatic rings. The maximum absolute atomic E-state index is 13.6. The number of hydrogen-bond acceptors (Lipinski definition) is 4. The van der Waals surface area contributed by atoms with Crippen molar-refractivity contribution in [3.05, 3.63) is 41.0 Å². The number of rotatable bonds is 7. The number of anilines is 1. The number of hydrogen-bond donors (Lipinski definition) is 3. The van der Waals surface area contributed by atoms with Gasteiger partial charge >= 0.3 is 6.18 Å². The van der Waals surface area contributed by atoms with E-state index in [1.807, 2.05) is 11.8 Å². The lowest BCUT2D eigenvalue weighted by Crippen LogP contribution is -2.43. The van der Waals surface area contributed by atoms with Crippen LogP contribution in [0.2, 0.25) is 0 Å². The first-order valence-corrected chi connectivity index (χ1v) is 9.97. The van der Waals surface area contributed by atoms with Gasteiger partial charge in [-0.05, 0) is 57.5 Å². The minimum atomic E-state index is -4.59. The molecule has 1 heterocycles. The highest BCUT2D eigenvalue weighted by Crippen LogP contribution is 2.36. The number of nitrogens with zero attached hydrogens (tertiary/aromatic N) is 1. The molecule has 0 radical (unpaired) electrons. The van der Waals surface area contributed by atoms with E-state index in [9.17, 15) is 22.8 Å². The molecule has 1 aliphatic heterocycles. The van der Waals surface area contributed by atoms with Crippen molar-refractivity contribution in [2.75, 3.05) is 38.1 Å². The Bertz CT molecular complexity index is 802. The molecule has 0 saturated carbocycles. The second-order valence-electron chi connectivity index (χ2n) is 7.30. The van der Waals surface area contributed by atoms with Gasteiger partial charge in [0.1, 0.15) is 0 Å². The highest BCUT2D eigenvalue weighted by atomic mass is 19.4. The van der Waals surface area contributed by atoms with Gasteiger partial charge in [0.2, 0.25) is 5.91 Å².